The Morgan fingerprint density at radius 2 is 1.65 bits per heavy atom. The van der Waals surface area contributed by atoms with E-state index in [1.807, 2.05) is 26.0 Å². The summed E-state index contributed by atoms with van der Waals surface area (Å²) < 4.78 is 0. The minimum atomic E-state index is 0.174. The van der Waals surface area contributed by atoms with Crippen molar-refractivity contribution in [2.75, 3.05) is 26.0 Å². The minimum Gasteiger partial charge on any atom is -0.346 e. The number of anilines is 1. The molecule has 2 rings (SSSR count). The van der Waals surface area contributed by atoms with Crippen molar-refractivity contribution in [3.63, 3.8) is 0 Å². The smallest absolute Gasteiger partial charge is 0.223 e. The van der Waals surface area contributed by atoms with Gasteiger partial charge in [0.1, 0.15) is 0 Å². The van der Waals surface area contributed by atoms with Crippen LogP contribution in [0.5, 0.6) is 0 Å². The highest BCUT2D eigenvalue weighted by atomic mass is 15.2. The Balaban J connectivity index is 2.23. The van der Waals surface area contributed by atoms with E-state index in [-0.39, 0.29) is 6.04 Å². The van der Waals surface area contributed by atoms with Gasteiger partial charge in [-0.2, -0.15) is 0 Å². The summed E-state index contributed by atoms with van der Waals surface area (Å²) in [4.78, 5) is 11.1. The maximum atomic E-state index is 4.47. The molecular weight excluding hydrogens is 248 g/mol. The third-order valence-electron chi connectivity index (χ3n) is 3.04. The van der Waals surface area contributed by atoms with Crippen LogP contribution in [-0.4, -0.2) is 35.5 Å². The van der Waals surface area contributed by atoms with Gasteiger partial charge in [-0.1, -0.05) is 30.3 Å². The molecule has 0 aliphatic heterocycles. The molecule has 1 heterocycles. The number of rotatable bonds is 5. The fourth-order valence-corrected chi connectivity index (χ4v) is 2.23. The van der Waals surface area contributed by atoms with Gasteiger partial charge < -0.3 is 10.2 Å². The molecule has 1 aromatic carbocycles. The molecule has 0 saturated carbocycles. The zero-order chi connectivity index (χ0) is 14.5. The maximum absolute atomic E-state index is 4.47. The summed E-state index contributed by atoms with van der Waals surface area (Å²) in [5, 5.41) is 3.44. The van der Waals surface area contributed by atoms with Crippen molar-refractivity contribution < 1.29 is 0 Å². The number of aryl methyl sites for hydroxylation is 2. The van der Waals surface area contributed by atoms with Crippen molar-refractivity contribution in [2.24, 2.45) is 0 Å². The van der Waals surface area contributed by atoms with Gasteiger partial charge in [0.25, 0.3) is 0 Å². The van der Waals surface area contributed by atoms with E-state index >= 15 is 0 Å². The third-order valence-corrected chi connectivity index (χ3v) is 3.04. The lowest BCUT2D eigenvalue weighted by Crippen LogP contribution is -2.26. The second-order valence-corrected chi connectivity index (χ2v) is 5.34. The Bertz CT molecular complexity index is 531. The lowest BCUT2D eigenvalue weighted by molar-refractivity contribution is 0.386. The topological polar surface area (TPSA) is 41.1 Å². The standard InChI is InChI=1S/C16H22N4/c1-12-10-13(2)18-16(17-12)19-15(11-20(3)4)14-8-6-5-7-9-14/h5-10,15H,11H2,1-4H3,(H,17,18,19)/t15-/m0/s1. The van der Waals surface area contributed by atoms with Gasteiger partial charge in [-0.3, -0.25) is 0 Å². The Morgan fingerprint density at radius 3 is 2.20 bits per heavy atom. The quantitative estimate of drug-likeness (QED) is 0.907. The highest BCUT2D eigenvalue weighted by Crippen LogP contribution is 2.18. The first-order valence-corrected chi connectivity index (χ1v) is 6.83. The predicted molar refractivity (Wildman–Crippen MR) is 82.9 cm³/mol. The molecule has 0 radical (unpaired) electrons. The second-order valence-electron chi connectivity index (χ2n) is 5.34. The average molecular weight is 270 g/mol. The Labute approximate surface area is 120 Å². The van der Waals surface area contributed by atoms with Crippen LogP contribution in [0.1, 0.15) is 23.0 Å². The molecule has 1 aromatic heterocycles. The van der Waals surface area contributed by atoms with E-state index in [2.05, 4.69) is 58.5 Å². The van der Waals surface area contributed by atoms with E-state index in [0.29, 0.717) is 5.95 Å². The average Bonchev–Trinajstić information content (AvgIpc) is 2.37. The molecule has 106 valence electrons. The van der Waals surface area contributed by atoms with Crippen LogP contribution in [0.15, 0.2) is 36.4 Å². The first kappa shape index (κ1) is 14.5. The lowest BCUT2D eigenvalue weighted by Gasteiger charge is -2.23. The Kier molecular flexibility index (Phi) is 4.69. The van der Waals surface area contributed by atoms with Crippen molar-refractivity contribution in [3.05, 3.63) is 53.3 Å². The van der Waals surface area contributed by atoms with Gasteiger partial charge in [0.15, 0.2) is 0 Å². The SMILES string of the molecule is Cc1cc(C)nc(N[C@@H](CN(C)C)c2ccccc2)n1. The molecule has 0 amide bonds. The highest BCUT2D eigenvalue weighted by molar-refractivity contribution is 5.34. The lowest BCUT2D eigenvalue weighted by atomic mass is 10.1. The van der Waals surface area contributed by atoms with Gasteiger partial charge in [0.2, 0.25) is 5.95 Å². The predicted octanol–water partition coefficient (Wildman–Crippen LogP) is 2.81. The van der Waals surface area contributed by atoms with Crippen molar-refractivity contribution in [3.8, 4) is 0 Å². The third kappa shape index (κ3) is 4.03. The van der Waals surface area contributed by atoms with Crippen molar-refractivity contribution in [1.29, 1.82) is 0 Å². The summed E-state index contributed by atoms with van der Waals surface area (Å²) >= 11 is 0. The summed E-state index contributed by atoms with van der Waals surface area (Å²) in [6, 6.07) is 12.6. The van der Waals surface area contributed by atoms with E-state index in [0.717, 1.165) is 17.9 Å². The van der Waals surface area contributed by atoms with Gasteiger partial charge in [-0.05, 0) is 39.6 Å². The molecule has 2 aromatic rings. The van der Waals surface area contributed by atoms with E-state index in [4.69, 9.17) is 0 Å². The number of benzene rings is 1. The molecule has 4 nitrogen and oxygen atoms in total. The summed E-state index contributed by atoms with van der Waals surface area (Å²) in [6.45, 7) is 4.87. The Hall–Kier alpha value is -1.94. The van der Waals surface area contributed by atoms with Crippen LogP contribution in [0.25, 0.3) is 0 Å². The number of likely N-dealkylation sites (N-methyl/N-ethyl adjacent to an activating group) is 1. The first-order valence-electron chi connectivity index (χ1n) is 6.83. The van der Waals surface area contributed by atoms with E-state index in [9.17, 15) is 0 Å². The van der Waals surface area contributed by atoms with Crippen LogP contribution in [0.3, 0.4) is 0 Å². The molecule has 20 heavy (non-hydrogen) atoms. The van der Waals surface area contributed by atoms with Crippen LogP contribution in [0, 0.1) is 13.8 Å². The molecule has 1 N–H and O–H groups in total. The summed E-state index contributed by atoms with van der Waals surface area (Å²) in [7, 11) is 4.14. The molecule has 1 atom stereocenters. The van der Waals surface area contributed by atoms with E-state index < -0.39 is 0 Å². The van der Waals surface area contributed by atoms with E-state index in [1.54, 1.807) is 0 Å². The van der Waals surface area contributed by atoms with Crippen molar-refractivity contribution >= 4 is 5.95 Å². The molecular formula is C16H22N4. The second kappa shape index (κ2) is 6.48. The monoisotopic (exact) mass is 270 g/mol. The van der Waals surface area contributed by atoms with Crippen LogP contribution in [0.4, 0.5) is 5.95 Å². The number of nitrogens with one attached hydrogen (secondary N) is 1. The van der Waals surface area contributed by atoms with Crippen LogP contribution in [0.2, 0.25) is 0 Å². The van der Waals surface area contributed by atoms with Gasteiger partial charge in [0.05, 0.1) is 6.04 Å². The van der Waals surface area contributed by atoms with Crippen molar-refractivity contribution in [2.45, 2.75) is 19.9 Å². The number of hydrogen-bond acceptors (Lipinski definition) is 4. The normalized spacial score (nSPS) is 12.4. The van der Waals surface area contributed by atoms with Crippen LogP contribution < -0.4 is 5.32 Å². The van der Waals surface area contributed by atoms with Crippen molar-refractivity contribution in [1.82, 2.24) is 14.9 Å². The van der Waals surface area contributed by atoms with Crippen LogP contribution in [-0.2, 0) is 0 Å². The molecule has 0 bridgehead atoms. The van der Waals surface area contributed by atoms with Gasteiger partial charge in [0, 0.05) is 17.9 Å². The largest absolute Gasteiger partial charge is 0.346 e. The fraction of sp³-hybridized carbons (Fsp3) is 0.375. The molecule has 0 fully saturated rings. The molecule has 0 aliphatic carbocycles. The maximum Gasteiger partial charge on any atom is 0.223 e. The highest BCUT2D eigenvalue weighted by Gasteiger charge is 2.13. The summed E-state index contributed by atoms with van der Waals surface area (Å²) in [5.41, 5.74) is 3.21. The zero-order valence-electron chi connectivity index (χ0n) is 12.6. The number of aromatic nitrogens is 2. The minimum absolute atomic E-state index is 0.174. The van der Waals surface area contributed by atoms with Gasteiger partial charge >= 0.3 is 0 Å². The molecule has 0 saturated heterocycles. The fourth-order valence-electron chi connectivity index (χ4n) is 2.23. The number of nitrogens with zero attached hydrogens (tertiary/aromatic N) is 3. The molecule has 0 spiro atoms. The zero-order valence-corrected chi connectivity index (χ0v) is 12.6. The Morgan fingerprint density at radius 1 is 1.05 bits per heavy atom. The summed E-state index contributed by atoms with van der Waals surface area (Å²) in [5.74, 6) is 0.693. The molecule has 0 aliphatic rings. The molecule has 4 heteroatoms. The number of hydrogen-bond donors (Lipinski definition) is 1. The van der Waals surface area contributed by atoms with Gasteiger partial charge in [-0.15, -0.1) is 0 Å². The van der Waals surface area contributed by atoms with Gasteiger partial charge in [-0.25, -0.2) is 9.97 Å². The molecule has 0 unspecified atom stereocenters. The summed E-state index contributed by atoms with van der Waals surface area (Å²) in [6.07, 6.45) is 0. The van der Waals surface area contributed by atoms with E-state index in [1.165, 1.54) is 5.56 Å². The van der Waals surface area contributed by atoms with Crippen LogP contribution >= 0.6 is 0 Å². The first-order chi connectivity index (χ1) is 9.54.